The van der Waals surface area contributed by atoms with Crippen LogP contribution in [0.4, 0.5) is 5.69 Å². The molecule has 1 N–H and O–H groups in total. The van der Waals surface area contributed by atoms with Crippen molar-refractivity contribution in [1.29, 1.82) is 0 Å². The molecule has 2 rings (SSSR count). The third kappa shape index (κ3) is 3.15. The lowest BCUT2D eigenvalue weighted by molar-refractivity contribution is 0.0733. The number of pyridine rings is 1. The van der Waals surface area contributed by atoms with E-state index < -0.39 is 10.2 Å². The molecule has 1 aliphatic heterocycles. The summed E-state index contributed by atoms with van der Waals surface area (Å²) in [7, 11) is -3.48. The van der Waals surface area contributed by atoms with Crippen LogP contribution in [0.25, 0.3) is 0 Å². The first-order valence-electron chi connectivity index (χ1n) is 5.36. The molecule has 1 saturated heterocycles. The Morgan fingerprint density at radius 3 is 2.76 bits per heavy atom. The van der Waals surface area contributed by atoms with Crippen molar-refractivity contribution >= 4 is 15.9 Å². The smallest absolute Gasteiger partial charge is 0.301 e. The SMILES string of the molecule is Cc1cc(NS(=O)(=O)N2CCOCC2)ccn1. The average Bonchev–Trinajstić information content (AvgIpc) is 2.29. The summed E-state index contributed by atoms with van der Waals surface area (Å²) < 4.78 is 33.0. The van der Waals surface area contributed by atoms with Crippen molar-refractivity contribution in [2.24, 2.45) is 0 Å². The molecule has 1 aliphatic rings. The van der Waals surface area contributed by atoms with Gasteiger partial charge in [0.1, 0.15) is 0 Å². The van der Waals surface area contributed by atoms with Crippen molar-refractivity contribution in [2.45, 2.75) is 6.92 Å². The van der Waals surface area contributed by atoms with Gasteiger partial charge in [-0.25, -0.2) is 0 Å². The van der Waals surface area contributed by atoms with Crippen LogP contribution in [0.1, 0.15) is 5.69 Å². The van der Waals surface area contributed by atoms with E-state index in [2.05, 4.69) is 9.71 Å². The molecular formula is C10H15N3O3S. The lowest BCUT2D eigenvalue weighted by atomic mass is 10.3. The molecule has 0 aromatic carbocycles. The van der Waals surface area contributed by atoms with Crippen LogP contribution in [-0.2, 0) is 14.9 Å². The predicted octanol–water partition coefficient (Wildman–Crippen LogP) is 0.379. The standard InChI is InChI=1S/C10H15N3O3S/c1-9-8-10(2-3-11-9)12-17(14,15)13-4-6-16-7-5-13/h2-3,8H,4-7H2,1H3,(H,11,12). The number of nitrogens with one attached hydrogen (secondary N) is 1. The molecule has 0 aliphatic carbocycles. The number of hydrogen-bond donors (Lipinski definition) is 1. The molecule has 6 nitrogen and oxygen atoms in total. The Labute approximate surface area is 101 Å². The highest BCUT2D eigenvalue weighted by Gasteiger charge is 2.23. The second-order valence-corrected chi connectivity index (χ2v) is 5.48. The minimum atomic E-state index is -3.48. The first-order valence-corrected chi connectivity index (χ1v) is 6.80. The number of anilines is 1. The van der Waals surface area contributed by atoms with Crippen LogP contribution in [0, 0.1) is 6.92 Å². The van der Waals surface area contributed by atoms with E-state index in [0.29, 0.717) is 32.0 Å². The number of rotatable bonds is 3. The summed E-state index contributed by atoms with van der Waals surface area (Å²) in [5.74, 6) is 0. The lowest BCUT2D eigenvalue weighted by Gasteiger charge is -2.26. The molecule has 7 heteroatoms. The largest absolute Gasteiger partial charge is 0.379 e. The van der Waals surface area contributed by atoms with Crippen molar-refractivity contribution in [2.75, 3.05) is 31.0 Å². The topological polar surface area (TPSA) is 71.5 Å². The van der Waals surface area contributed by atoms with Crippen molar-refractivity contribution in [3.05, 3.63) is 24.0 Å². The fraction of sp³-hybridized carbons (Fsp3) is 0.500. The highest BCUT2D eigenvalue weighted by atomic mass is 32.2. The van der Waals surface area contributed by atoms with Crippen LogP contribution < -0.4 is 4.72 Å². The van der Waals surface area contributed by atoms with E-state index >= 15 is 0 Å². The van der Waals surface area contributed by atoms with Gasteiger partial charge in [0, 0.05) is 25.0 Å². The van der Waals surface area contributed by atoms with Crippen molar-refractivity contribution in [3.8, 4) is 0 Å². The van der Waals surface area contributed by atoms with Gasteiger partial charge in [-0.3, -0.25) is 9.71 Å². The molecule has 94 valence electrons. The van der Waals surface area contributed by atoms with Crippen LogP contribution in [0.3, 0.4) is 0 Å². The molecule has 1 aromatic rings. The Hall–Kier alpha value is -1.18. The maximum Gasteiger partial charge on any atom is 0.301 e. The number of aromatic nitrogens is 1. The molecule has 0 spiro atoms. The first-order chi connectivity index (χ1) is 8.08. The zero-order chi connectivity index (χ0) is 12.3. The van der Waals surface area contributed by atoms with Gasteiger partial charge in [-0.15, -0.1) is 0 Å². The van der Waals surface area contributed by atoms with E-state index in [4.69, 9.17) is 4.74 Å². The minimum absolute atomic E-state index is 0.388. The molecule has 17 heavy (non-hydrogen) atoms. The minimum Gasteiger partial charge on any atom is -0.379 e. The van der Waals surface area contributed by atoms with Gasteiger partial charge in [-0.1, -0.05) is 0 Å². The van der Waals surface area contributed by atoms with Crippen molar-refractivity contribution in [1.82, 2.24) is 9.29 Å². The molecule has 1 fully saturated rings. The van der Waals surface area contributed by atoms with Gasteiger partial charge in [0.2, 0.25) is 0 Å². The molecule has 0 amide bonds. The summed E-state index contributed by atoms with van der Waals surface area (Å²) in [6.07, 6.45) is 1.58. The Kier molecular flexibility index (Phi) is 3.60. The summed E-state index contributed by atoms with van der Waals surface area (Å²) in [4.78, 5) is 4.01. The zero-order valence-corrected chi connectivity index (χ0v) is 10.4. The third-order valence-electron chi connectivity index (χ3n) is 2.45. The third-order valence-corrected chi connectivity index (χ3v) is 3.99. The molecule has 0 saturated carbocycles. The number of hydrogen-bond acceptors (Lipinski definition) is 4. The normalized spacial score (nSPS) is 17.9. The van der Waals surface area contributed by atoms with E-state index in [1.165, 1.54) is 4.31 Å². The van der Waals surface area contributed by atoms with Gasteiger partial charge in [-0.05, 0) is 19.1 Å². The van der Waals surface area contributed by atoms with Crippen LogP contribution in [0.2, 0.25) is 0 Å². The zero-order valence-electron chi connectivity index (χ0n) is 9.59. The van der Waals surface area contributed by atoms with Crippen molar-refractivity contribution < 1.29 is 13.2 Å². The summed E-state index contributed by atoms with van der Waals surface area (Å²) >= 11 is 0. The van der Waals surface area contributed by atoms with Crippen LogP contribution in [-0.4, -0.2) is 44.0 Å². The summed E-state index contributed by atoms with van der Waals surface area (Å²) in [6, 6.07) is 3.32. The van der Waals surface area contributed by atoms with E-state index in [1.807, 2.05) is 6.92 Å². The van der Waals surface area contributed by atoms with Gasteiger partial charge in [0.15, 0.2) is 0 Å². The average molecular weight is 257 g/mol. The molecule has 2 heterocycles. The molecule has 1 aromatic heterocycles. The Bertz CT molecular complexity index is 483. The van der Waals surface area contributed by atoms with Gasteiger partial charge < -0.3 is 4.74 Å². The molecule has 0 radical (unpaired) electrons. The van der Waals surface area contributed by atoms with Gasteiger partial charge in [0.05, 0.1) is 18.9 Å². The highest BCUT2D eigenvalue weighted by molar-refractivity contribution is 7.90. The van der Waals surface area contributed by atoms with E-state index in [9.17, 15) is 8.42 Å². The second kappa shape index (κ2) is 4.99. The number of aryl methyl sites for hydroxylation is 1. The quantitative estimate of drug-likeness (QED) is 0.849. The first kappa shape index (κ1) is 12.3. The Morgan fingerprint density at radius 2 is 2.12 bits per heavy atom. The predicted molar refractivity (Wildman–Crippen MR) is 63.9 cm³/mol. The lowest BCUT2D eigenvalue weighted by Crippen LogP contribution is -2.43. The van der Waals surface area contributed by atoms with Crippen LogP contribution in [0.15, 0.2) is 18.3 Å². The number of morpholine rings is 1. The van der Waals surface area contributed by atoms with Crippen LogP contribution >= 0.6 is 0 Å². The summed E-state index contributed by atoms with van der Waals surface area (Å²) in [5.41, 5.74) is 1.30. The summed E-state index contributed by atoms with van der Waals surface area (Å²) in [5, 5.41) is 0. The maximum atomic E-state index is 12.0. The highest BCUT2D eigenvalue weighted by Crippen LogP contribution is 2.12. The van der Waals surface area contributed by atoms with E-state index in [0.717, 1.165) is 5.69 Å². The fourth-order valence-corrected chi connectivity index (χ4v) is 2.79. The Balaban J connectivity index is 2.11. The molecule has 0 atom stereocenters. The summed E-state index contributed by atoms with van der Waals surface area (Å²) in [6.45, 7) is 3.47. The van der Waals surface area contributed by atoms with Crippen molar-refractivity contribution in [3.63, 3.8) is 0 Å². The molecule has 0 unspecified atom stereocenters. The van der Waals surface area contributed by atoms with E-state index in [-0.39, 0.29) is 0 Å². The molecular weight excluding hydrogens is 242 g/mol. The fourth-order valence-electron chi connectivity index (χ4n) is 1.61. The monoisotopic (exact) mass is 257 g/mol. The van der Waals surface area contributed by atoms with E-state index in [1.54, 1.807) is 18.3 Å². The number of ether oxygens (including phenoxy) is 1. The molecule has 0 bridgehead atoms. The van der Waals surface area contributed by atoms with Gasteiger partial charge in [-0.2, -0.15) is 12.7 Å². The number of nitrogens with zero attached hydrogens (tertiary/aromatic N) is 2. The van der Waals surface area contributed by atoms with Crippen LogP contribution in [0.5, 0.6) is 0 Å². The Morgan fingerprint density at radius 1 is 1.41 bits per heavy atom. The van der Waals surface area contributed by atoms with Gasteiger partial charge in [0.25, 0.3) is 0 Å². The maximum absolute atomic E-state index is 12.0. The second-order valence-electron chi connectivity index (χ2n) is 3.80. The van der Waals surface area contributed by atoms with Gasteiger partial charge >= 0.3 is 10.2 Å².